The van der Waals surface area contributed by atoms with E-state index in [9.17, 15) is 4.79 Å². The molecule has 0 spiro atoms. The van der Waals surface area contributed by atoms with Gasteiger partial charge in [-0.05, 0) is 36.1 Å². The van der Waals surface area contributed by atoms with E-state index in [1.54, 1.807) is 18.3 Å². The first kappa shape index (κ1) is 12.1. The van der Waals surface area contributed by atoms with Crippen LogP contribution in [0.5, 0.6) is 0 Å². The van der Waals surface area contributed by atoms with Crippen molar-refractivity contribution in [2.45, 2.75) is 18.9 Å². The Morgan fingerprint density at radius 3 is 2.95 bits per heavy atom. The monoisotopic (exact) mass is 270 g/mol. The van der Waals surface area contributed by atoms with Crippen molar-refractivity contribution < 1.29 is 4.79 Å². The first-order valence-corrected chi connectivity index (χ1v) is 6.73. The van der Waals surface area contributed by atoms with Crippen molar-refractivity contribution in [1.82, 2.24) is 10.3 Å². The SMILES string of the molecule is O=C(N[C@H]1CCc2ccccc21)c1ccc[nH]c1=S. The van der Waals surface area contributed by atoms with E-state index in [0.29, 0.717) is 10.2 Å². The Bertz CT molecular complexity index is 678. The zero-order valence-corrected chi connectivity index (χ0v) is 11.2. The van der Waals surface area contributed by atoms with Crippen LogP contribution in [0.1, 0.15) is 33.9 Å². The third-order valence-corrected chi connectivity index (χ3v) is 3.84. The van der Waals surface area contributed by atoms with Crippen LogP contribution in [-0.2, 0) is 6.42 Å². The summed E-state index contributed by atoms with van der Waals surface area (Å²) < 4.78 is 0.478. The normalized spacial score (nSPS) is 16.9. The predicted octanol–water partition coefficient (Wildman–Crippen LogP) is 3.16. The van der Waals surface area contributed by atoms with E-state index >= 15 is 0 Å². The van der Waals surface area contributed by atoms with Gasteiger partial charge in [-0.25, -0.2) is 0 Å². The summed E-state index contributed by atoms with van der Waals surface area (Å²) in [5.74, 6) is -0.108. The molecular formula is C15H14N2OS. The average Bonchev–Trinajstić information content (AvgIpc) is 2.83. The Balaban J connectivity index is 1.82. The molecule has 1 atom stereocenters. The molecule has 0 fully saturated rings. The number of rotatable bonds is 2. The summed E-state index contributed by atoms with van der Waals surface area (Å²) in [6.45, 7) is 0. The van der Waals surface area contributed by atoms with Gasteiger partial charge in [0, 0.05) is 6.20 Å². The van der Waals surface area contributed by atoms with Gasteiger partial charge < -0.3 is 10.3 Å². The van der Waals surface area contributed by atoms with Crippen molar-refractivity contribution in [3.63, 3.8) is 0 Å². The zero-order valence-electron chi connectivity index (χ0n) is 10.3. The highest BCUT2D eigenvalue weighted by Gasteiger charge is 2.23. The quantitative estimate of drug-likeness (QED) is 0.823. The largest absolute Gasteiger partial charge is 0.352 e. The second-order valence-electron chi connectivity index (χ2n) is 4.68. The Morgan fingerprint density at radius 2 is 2.11 bits per heavy atom. The maximum atomic E-state index is 12.2. The lowest BCUT2D eigenvalue weighted by Crippen LogP contribution is -2.27. The van der Waals surface area contributed by atoms with Crippen LogP contribution in [0.25, 0.3) is 0 Å². The number of nitrogens with one attached hydrogen (secondary N) is 2. The van der Waals surface area contributed by atoms with Crippen LogP contribution in [0.4, 0.5) is 0 Å². The molecule has 4 heteroatoms. The van der Waals surface area contributed by atoms with Gasteiger partial charge in [-0.2, -0.15) is 0 Å². The molecular weight excluding hydrogens is 256 g/mol. The lowest BCUT2D eigenvalue weighted by molar-refractivity contribution is 0.0936. The number of hydrogen-bond acceptors (Lipinski definition) is 2. The van der Waals surface area contributed by atoms with E-state index in [2.05, 4.69) is 22.4 Å². The maximum absolute atomic E-state index is 12.2. The molecule has 1 aliphatic carbocycles. The minimum atomic E-state index is -0.108. The van der Waals surface area contributed by atoms with Crippen molar-refractivity contribution in [3.05, 3.63) is 63.9 Å². The van der Waals surface area contributed by atoms with Crippen molar-refractivity contribution in [2.75, 3.05) is 0 Å². The van der Waals surface area contributed by atoms with E-state index in [0.717, 1.165) is 12.8 Å². The number of H-pyrrole nitrogens is 1. The Labute approximate surface area is 116 Å². The molecule has 1 amide bonds. The van der Waals surface area contributed by atoms with Crippen molar-refractivity contribution in [2.24, 2.45) is 0 Å². The first-order chi connectivity index (χ1) is 9.25. The maximum Gasteiger partial charge on any atom is 0.254 e. The smallest absolute Gasteiger partial charge is 0.254 e. The minimum absolute atomic E-state index is 0.0957. The Morgan fingerprint density at radius 1 is 1.26 bits per heavy atom. The van der Waals surface area contributed by atoms with Crippen molar-refractivity contribution >= 4 is 18.1 Å². The van der Waals surface area contributed by atoms with E-state index < -0.39 is 0 Å². The molecule has 0 saturated carbocycles. The number of hydrogen-bond donors (Lipinski definition) is 2. The molecule has 96 valence electrons. The number of benzene rings is 1. The number of amides is 1. The molecule has 3 rings (SSSR count). The number of aryl methyl sites for hydroxylation is 1. The van der Waals surface area contributed by atoms with Crippen molar-refractivity contribution in [3.8, 4) is 0 Å². The summed E-state index contributed by atoms with van der Waals surface area (Å²) in [5, 5.41) is 3.07. The fourth-order valence-electron chi connectivity index (χ4n) is 2.54. The standard InChI is InChI=1S/C15H14N2OS/c18-14(12-6-3-9-16-15(12)19)17-13-8-7-10-4-1-2-5-11(10)13/h1-6,9,13H,7-8H2,(H,16,19)(H,17,18)/t13-/m0/s1. The van der Waals surface area contributed by atoms with Gasteiger partial charge in [0.25, 0.3) is 5.91 Å². The highest BCUT2D eigenvalue weighted by atomic mass is 32.1. The van der Waals surface area contributed by atoms with Crippen LogP contribution < -0.4 is 5.32 Å². The van der Waals surface area contributed by atoms with Gasteiger partial charge in [0.05, 0.1) is 11.6 Å². The molecule has 19 heavy (non-hydrogen) atoms. The molecule has 1 aliphatic rings. The molecule has 3 nitrogen and oxygen atoms in total. The van der Waals surface area contributed by atoms with E-state index in [-0.39, 0.29) is 11.9 Å². The third-order valence-electron chi connectivity index (χ3n) is 3.50. The predicted molar refractivity (Wildman–Crippen MR) is 76.6 cm³/mol. The van der Waals surface area contributed by atoms with Crippen LogP contribution >= 0.6 is 12.2 Å². The molecule has 0 unspecified atom stereocenters. The second kappa shape index (κ2) is 4.97. The highest BCUT2D eigenvalue weighted by molar-refractivity contribution is 7.71. The third kappa shape index (κ3) is 2.31. The number of aromatic amines is 1. The lowest BCUT2D eigenvalue weighted by atomic mass is 10.1. The number of aromatic nitrogens is 1. The summed E-state index contributed by atoms with van der Waals surface area (Å²) in [5.41, 5.74) is 3.08. The summed E-state index contributed by atoms with van der Waals surface area (Å²) >= 11 is 5.13. The van der Waals surface area contributed by atoms with E-state index in [4.69, 9.17) is 12.2 Å². The molecule has 1 heterocycles. The Kier molecular flexibility index (Phi) is 3.17. The van der Waals surface area contributed by atoms with Crippen LogP contribution in [0, 0.1) is 4.64 Å². The van der Waals surface area contributed by atoms with Gasteiger partial charge in [0.2, 0.25) is 0 Å². The number of carbonyl (C=O) groups is 1. The zero-order chi connectivity index (χ0) is 13.2. The van der Waals surface area contributed by atoms with E-state index in [1.165, 1.54) is 11.1 Å². The minimum Gasteiger partial charge on any atom is -0.352 e. The van der Waals surface area contributed by atoms with Gasteiger partial charge >= 0.3 is 0 Å². The topological polar surface area (TPSA) is 44.9 Å². The van der Waals surface area contributed by atoms with E-state index in [1.807, 2.05) is 12.1 Å². The summed E-state index contributed by atoms with van der Waals surface area (Å²) in [4.78, 5) is 15.1. The molecule has 0 aliphatic heterocycles. The molecule has 1 aromatic carbocycles. The molecule has 0 bridgehead atoms. The van der Waals surface area contributed by atoms with Gasteiger partial charge in [0.1, 0.15) is 4.64 Å². The first-order valence-electron chi connectivity index (χ1n) is 6.32. The summed E-state index contributed by atoms with van der Waals surface area (Å²) in [6.07, 6.45) is 3.70. The fourth-order valence-corrected chi connectivity index (χ4v) is 2.77. The molecule has 2 aromatic rings. The molecule has 0 radical (unpaired) electrons. The average molecular weight is 270 g/mol. The van der Waals surface area contributed by atoms with Crippen LogP contribution in [-0.4, -0.2) is 10.9 Å². The summed E-state index contributed by atoms with van der Waals surface area (Å²) in [7, 11) is 0. The number of pyridine rings is 1. The lowest BCUT2D eigenvalue weighted by Gasteiger charge is -2.14. The van der Waals surface area contributed by atoms with Crippen LogP contribution in [0.2, 0.25) is 0 Å². The fraction of sp³-hybridized carbons (Fsp3) is 0.200. The van der Waals surface area contributed by atoms with Crippen molar-refractivity contribution in [1.29, 1.82) is 0 Å². The molecule has 2 N–H and O–H groups in total. The second-order valence-corrected chi connectivity index (χ2v) is 5.08. The van der Waals surface area contributed by atoms with Gasteiger partial charge in [-0.1, -0.05) is 36.5 Å². The highest BCUT2D eigenvalue weighted by Crippen LogP contribution is 2.30. The van der Waals surface area contributed by atoms with Crippen LogP contribution in [0.15, 0.2) is 42.6 Å². The van der Waals surface area contributed by atoms with Crippen LogP contribution in [0.3, 0.4) is 0 Å². The molecule has 1 aromatic heterocycles. The molecule has 0 saturated heterocycles. The number of fused-ring (bicyclic) bond motifs is 1. The Hall–Kier alpha value is -1.94. The summed E-state index contributed by atoms with van der Waals surface area (Å²) in [6, 6.07) is 11.9. The van der Waals surface area contributed by atoms with Gasteiger partial charge in [-0.3, -0.25) is 4.79 Å². The number of carbonyl (C=O) groups excluding carboxylic acids is 1. The van der Waals surface area contributed by atoms with Gasteiger partial charge in [0.15, 0.2) is 0 Å². The van der Waals surface area contributed by atoms with Gasteiger partial charge in [-0.15, -0.1) is 0 Å².